The molecule has 0 saturated heterocycles. The van der Waals surface area contributed by atoms with Gasteiger partial charge in [0.15, 0.2) is 0 Å². The predicted octanol–water partition coefficient (Wildman–Crippen LogP) is 8.35. The van der Waals surface area contributed by atoms with Crippen LogP contribution in [0.4, 0.5) is 0 Å². The number of rotatable bonds is 13. The molecule has 0 bridgehead atoms. The molecule has 0 spiro atoms. The van der Waals surface area contributed by atoms with E-state index in [0.29, 0.717) is 0 Å². The molecular weight excluding hydrogens is 439 g/mol. The number of hydrogen-bond donors (Lipinski definition) is 0. The topological polar surface area (TPSA) is 37.0 Å². The van der Waals surface area contributed by atoms with E-state index in [1.165, 1.54) is 64.2 Å². The van der Waals surface area contributed by atoms with Crippen LogP contribution in [0.25, 0.3) is 0 Å². The predicted molar refractivity (Wildman–Crippen MR) is 124 cm³/mol. The smallest absolute Gasteiger partial charge is 0.247 e. The average molecular weight is 489 g/mol. The van der Waals surface area contributed by atoms with Gasteiger partial charge in [-0.15, -0.1) is 0 Å². The van der Waals surface area contributed by atoms with Gasteiger partial charge in [0.2, 0.25) is 0 Å². The minimum absolute atomic E-state index is 0. The Bertz CT molecular complexity index is 193. The zero-order chi connectivity index (χ0) is 20.9. The van der Waals surface area contributed by atoms with Gasteiger partial charge in [0.25, 0.3) is 0 Å². The van der Waals surface area contributed by atoms with Crippen molar-refractivity contribution in [2.75, 3.05) is 0 Å². The first-order valence-electron chi connectivity index (χ1n) is 11.1. The largest absolute Gasteiger partial charge is 0.355 e. The van der Waals surface area contributed by atoms with Crippen LogP contribution in [0.2, 0.25) is 0 Å². The van der Waals surface area contributed by atoms with Crippen LogP contribution >= 0.6 is 0 Å². The number of unbranched alkanes of at least 4 members (excludes halogenated alkanes) is 11. The first kappa shape index (κ1) is 37.9. The molecule has 0 atom stereocenters. The van der Waals surface area contributed by atoms with E-state index < -0.39 is 5.97 Å². The summed E-state index contributed by atoms with van der Waals surface area (Å²) in [5, 5.41) is 10.1. The third-order valence-electron chi connectivity index (χ3n) is 3.55. The summed E-state index contributed by atoms with van der Waals surface area (Å²) in [6.45, 7) is 19.4. The van der Waals surface area contributed by atoms with E-state index in [2.05, 4.69) is 48.5 Å². The third kappa shape index (κ3) is 76.0. The van der Waals surface area contributed by atoms with Gasteiger partial charge in [-0.25, -0.2) is 9.90 Å². The van der Waals surface area contributed by atoms with Crippen LogP contribution in [0, 0.1) is 20.8 Å². The quantitative estimate of drug-likeness (QED) is 0.189. The molecule has 162 valence electrons. The second-order valence-corrected chi connectivity index (χ2v) is 6.51. The van der Waals surface area contributed by atoms with Gasteiger partial charge in [-0.1, -0.05) is 138 Å². The van der Waals surface area contributed by atoms with Gasteiger partial charge in [0.1, 0.15) is 0 Å². The Balaban J connectivity index is -0.000000102. The van der Waals surface area contributed by atoms with Crippen LogP contribution in [-0.2, 0) is 9.90 Å². The van der Waals surface area contributed by atoms with E-state index >= 15 is 0 Å². The summed E-state index contributed by atoms with van der Waals surface area (Å²) in [5.74, 6) is -0.909. The minimum Gasteiger partial charge on any atom is -0.247 e. The molecule has 0 N–H and O–H groups in total. The molecule has 27 heavy (non-hydrogen) atoms. The first-order valence-corrected chi connectivity index (χ1v) is 11.1. The van der Waals surface area contributed by atoms with Crippen molar-refractivity contribution in [2.24, 2.45) is 0 Å². The van der Waals surface area contributed by atoms with Crippen molar-refractivity contribution in [1.82, 2.24) is 0 Å². The fraction of sp³-hybridized carbons (Fsp3) is 0.833. The fourth-order valence-electron chi connectivity index (χ4n) is 1.58. The molecule has 0 aromatic heterocycles. The van der Waals surface area contributed by atoms with E-state index in [4.69, 9.17) is 0 Å². The SMILES string of the molecule is CCCCCCCCCCCC([O])=O.[CH2]CCC.[CH2]CCC.[CH2]CCC.[Sn]. The van der Waals surface area contributed by atoms with Crippen LogP contribution < -0.4 is 0 Å². The number of carbonyl (C=O) groups is 1. The van der Waals surface area contributed by atoms with Gasteiger partial charge in [-0.2, -0.15) is 0 Å². The molecule has 0 aliphatic heterocycles. The average Bonchev–Trinajstić information content (AvgIpc) is 2.67. The Kier molecular flexibility index (Phi) is 63.5. The second kappa shape index (κ2) is 45.2. The Labute approximate surface area is 190 Å². The standard InChI is InChI=1S/C12H23O2.3C4H9.Sn/c1-2-3-4-5-6-7-8-9-10-11-12(13)14;3*1-3-4-2;/h2-11H2,1H3;3*1,3-4H2,2H3;. The van der Waals surface area contributed by atoms with Gasteiger partial charge in [0.05, 0.1) is 6.42 Å². The molecule has 0 rings (SSSR count). The molecule has 0 heterocycles. The van der Waals surface area contributed by atoms with Gasteiger partial charge < -0.3 is 0 Å². The van der Waals surface area contributed by atoms with E-state index in [1.54, 1.807) is 0 Å². The van der Waals surface area contributed by atoms with Gasteiger partial charge in [-0.3, -0.25) is 0 Å². The van der Waals surface area contributed by atoms with Crippen molar-refractivity contribution in [3.8, 4) is 0 Å². The molecule has 0 aromatic carbocycles. The first-order chi connectivity index (χ1) is 12.5. The summed E-state index contributed by atoms with van der Waals surface area (Å²) in [6, 6.07) is 0. The van der Waals surface area contributed by atoms with Crippen LogP contribution in [0.3, 0.4) is 0 Å². The molecule has 0 fully saturated rings. The number of carbonyl (C=O) groups excluding carboxylic acids is 1. The fourth-order valence-corrected chi connectivity index (χ4v) is 1.58. The monoisotopic (exact) mass is 490 g/mol. The molecule has 0 unspecified atom stereocenters. The molecule has 3 heteroatoms. The molecule has 0 saturated carbocycles. The molecule has 8 radical (unpaired) electrons. The second-order valence-electron chi connectivity index (χ2n) is 6.51. The maximum absolute atomic E-state index is 10.1. The van der Waals surface area contributed by atoms with E-state index in [9.17, 15) is 9.90 Å². The maximum Gasteiger partial charge on any atom is 0.355 e. The maximum atomic E-state index is 10.1. The third-order valence-corrected chi connectivity index (χ3v) is 3.55. The van der Waals surface area contributed by atoms with Crippen molar-refractivity contribution in [2.45, 2.75) is 130 Å². The summed E-state index contributed by atoms with van der Waals surface area (Å²) in [4.78, 5) is 10.1. The van der Waals surface area contributed by atoms with Gasteiger partial charge >= 0.3 is 5.97 Å². The van der Waals surface area contributed by atoms with Gasteiger partial charge in [0, 0.05) is 23.9 Å². The zero-order valence-electron chi connectivity index (χ0n) is 19.3. The van der Waals surface area contributed by atoms with E-state index in [0.717, 1.165) is 32.1 Å². The van der Waals surface area contributed by atoms with Crippen molar-refractivity contribution in [1.29, 1.82) is 0 Å². The molecule has 2 nitrogen and oxygen atoms in total. The minimum atomic E-state index is -0.909. The van der Waals surface area contributed by atoms with Gasteiger partial charge in [-0.05, 0) is 6.42 Å². The van der Waals surface area contributed by atoms with Crippen molar-refractivity contribution >= 4 is 29.9 Å². The molecule has 0 amide bonds. The molecule has 0 aliphatic rings. The Morgan fingerprint density at radius 2 is 0.815 bits per heavy atom. The van der Waals surface area contributed by atoms with Crippen molar-refractivity contribution in [3.05, 3.63) is 20.8 Å². The molecule has 0 aromatic rings. The summed E-state index contributed by atoms with van der Waals surface area (Å²) < 4.78 is 0. The van der Waals surface area contributed by atoms with Crippen LogP contribution in [0.5, 0.6) is 0 Å². The summed E-state index contributed by atoms with van der Waals surface area (Å²) in [6.07, 6.45) is 18.0. The normalized spacial score (nSPS) is 8.70. The summed E-state index contributed by atoms with van der Waals surface area (Å²) >= 11 is 0. The Morgan fingerprint density at radius 3 is 1.04 bits per heavy atom. The zero-order valence-corrected chi connectivity index (χ0v) is 22.1. The van der Waals surface area contributed by atoms with Crippen LogP contribution in [-0.4, -0.2) is 29.9 Å². The molecule has 0 aliphatic carbocycles. The van der Waals surface area contributed by atoms with Crippen molar-refractivity contribution in [3.63, 3.8) is 0 Å². The van der Waals surface area contributed by atoms with E-state index in [-0.39, 0.29) is 30.3 Å². The van der Waals surface area contributed by atoms with Crippen LogP contribution in [0.1, 0.15) is 130 Å². The summed E-state index contributed by atoms with van der Waals surface area (Å²) in [7, 11) is 0. The Morgan fingerprint density at radius 1 is 0.556 bits per heavy atom. The molecular formula is C24H50O2Sn. The number of hydrogen-bond acceptors (Lipinski definition) is 1. The van der Waals surface area contributed by atoms with Crippen LogP contribution in [0.15, 0.2) is 0 Å². The van der Waals surface area contributed by atoms with E-state index in [1.807, 2.05) is 0 Å². The van der Waals surface area contributed by atoms with Crippen molar-refractivity contribution < 1.29 is 9.90 Å². The summed E-state index contributed by atoms with van der Waals surface area (Å²) in [5.41, 5.74) is 0. The Hall–Kier alpha value is 0.269.